The summed E-state index contributed by atoms with van der Waals surface area (Å²) >= 11 is 0. The average Bonchev–Trinajstić information content (AvgIpc) is 2.89. The summed E-state index contributed by atoms with van der Waals surface area (Å²) in [6, 6.07) is 2.14. The molecule has 1 aliphatic rings. The van der Waals surface area contributed by atoms with Gasteiger partial charge in [0.2, 0.25) is 0 Å². The van der Waals surface area contributed by atoms with Crippen molar-refractivity contribution in [2.75, 3.05) is 0 Å². The number of fused-ring (bicyclic) bond motifs is 1. The number of nitrogens with zero attached hydrogens (tertiary/aromatic N) is 4. The lowest BCUT2D eigenvalue weighted by molar-refractivity contribution is -0.385. The zero-order valence-electron chi connectivity index (χ0n) is 9.41. The maximum atomic E-state index is 10.8. The van der Waals surface area contributed by atoms with E-state index in [1.165, 1.54) is 0 Å². The average molecular weight is 232 g/mol. The molecular weight excluding hydrogens is 220 g/mol. The van der Waals surface area contributed by atoms with E-state index >= 15 is 0 Å². The van der Waals surface area contributed by atoms with Crippen LogP contribution in [0.25, 0.3) is 0 Å². The van der Waals surface area contributed by atoms with E-state index < -0.39 is 0 Å². The first-order valence-corrected chi connectivity index (χ1v) is 5.51. The van der Waals surface area contributed by atoms with Gasteiger partial charge >= 0.3 is 0 Å². The van der Waals surface area contributed by atoms with Gasteiger partial charge in [-0.3, -0.25) is 14.8 Å². The second kappa shape index (κ2) is 3.44. The van der Waals surface area contributed by atoms with Crippen LogP contribution in [0.15, 0.2) is 24.7 Å². The van der Waals surface area contributed by atoms with E-state index in [1.54, 1.807) is 19.3 Å². The Morgan fingerprint density at radius 3 is 3.06 bits per heavy atom. The highest BCUT2D eigenvalue weighted by Crippen LogP contribution is 2.31. The molecular formula is C11H12N4O2. The molecule has 17 heavy (non-hydrogen) atoms. The zero-order valence-corrected chi connectivity index (χ0v) is 9.41. The molecule has 6 nitrogen and oxygen atoms in total. The molecule has 0 spiro atoms. The van der Waals surface area contributed by atoms with Crippen molar-refractivity contribution in [2.45, 2.75) is 25.9 Å². The van der Waals surface area contributed by atoms with Gasteiger partial charge < -0.3 is 4.57 Å². The third-order valence-electron chi connectivity index (χ3n) is 3.28. The van der Waals surface area contributed by atoms with Gasteiger partial charge in [0.05, 0.1) is 22.9 Å². The first kappa shape index (κ1) is 10.1. The van der Waals surface area contributed by atoms with Crippen LogP contribution in [0.5, 0.6) is 0 Å². The molecule has 0 N–H and O–H groups in total. The Bertz CT molecular complexity index is 584. The second-order valence-corrected chi connectivity index (χ2v) is 4.31. The van der Waals surface area contributed by atoms with Gasteiger partial charge in [0.15, 0.2) is 0 Å². The Hall–Kier alpha value is -2.11. The molecule has 0 saturated heterocycles. The van der Waals surface area contributed by atoms with E-state index in [0.29, 0.717) is 5.56 Å². The van der Waals surface area contributed by atoms with E-state index in [-0.39, 0.29) is 16.7 Å². The molecule has 3 heterocycles. The SMILES string of the molecule is Cc1cn(C2CCn3nccc32)cc1[N+](=O)[O-]. The lowest BCUT2D eigenvalue weighted by atomic mass is 10.2. The van der Waals surface area contributed by atoms with Crippen LogP contribution in [0.1, 0.15) is 23.7 Å². The van der Waals surface area contributed by atoms with Crippen molar-refractivity contribution in [3.05, 3.63) is 46.0 Å². The van der Waals surface area contributed by atoms with Crippen LogP contribution in [-0.4, -0.2) is 19.3 Å². The molecule has 1 aliphatic heterocycles. The first-order valence-electron chi connectivity index (χ1n) is 5.51. The summed E-state index contributed by atoms with van der Waals surface area (Å²) in [4.78, 5) is 10.5. The molecule has 0 amide bonds. The normalized spacial score (nSPS) is 18.3. The van der Waals surface area contributed by atoms with Crippen molar-refractivity contribution >= 4 is 5.69 Å². The van der Waals surface area contributed by atoms with Gasteiger partial charge in [0, 0.05) is 24.5 Å². The van der Waals surface area contributed by atoms with Gasteiger partial charge in [0.1, 0.15) is 0 Å². The smallest absolute Gasteiger partial charge is 0.289 e. The van der Waals surface area contributed by atoms with Gasteiger partial charge in [-0.25, -0.2) is 0 Å². The lowest BCUT2D eigenvalue weighted by Crippen LogP contribution is -2.04. The van der Waals surface area contributed by atoms with E-state index in [9.17, 15) is 10.1 Å². The van der Waals surface area contributed by atoms with Gasteiger partial charge in [-0.05, 0) is 19.4 Å². The van der Waals surface area contributed by atoms with Gasteiger partial charge in [0.25, 0.3) is 5.69 Å². The van der Waals surface area contributed by atoms with Crippen LogP contribution in [0.4, 0.5) is 5.69 Å². The molecule has 2 aromatic heterocycles. The summed E-state index contributed by atoms with van der Waals surface area (Å²) in [5.41, 5.74) is 2.01. The Morgan fingerprint density at radius 1 is 1.53 bits per heavy atom. The second-order valence-electron chi connectivity index (χ2n) is 4.31. The zero-order chi connectivity index (χ0) is 12.0. The molecule has 0 bridgehead atoms. The van der Waals surface area contributed by atoms with Crippen molar-refractivity contribution in [3.8, 4) is 0 Å². The van der Waals surface area contributed by atoms with Crippen LogP contribution in [0.3, 0.4) is 0 Å². The fraction of sp³-hybridized carbons (Fsp3) is 0.364. The topological polar surface area (TPSA) is 65.9 Å². The number of hydrogen-bond donors (Lipinski definition) is 0. The molecule has 3 rings (SSSR count). The van der Waals surface area contributed by atoms with Crippen LogP contribution in [0.2, 0.25) is 0 Å². The largest absolute Gasteiger partial charge is 0.339 e. The molecule has 0 fully saturated rings. The maximum absolute atomic E-state index is 10.8. The molecule has 6 heteroatoms. The third-order valence-corrected chi connectivity index (χ3v) is 3.28. The number of aromatic nitrogens is 3. The summed E-state index contributed by atoms with van der Waals surface area (Å²) in [7, 11) is 0. The van der Waals surface area contributed by atoms with E-state index in [2.05, 4.69) is 5.10 Å². The molecule has 0 aliphatic carbocycles. The fourth-order valence-electron chi connectivity index (χ4n) is 2.45. The Labute approximate surface area is 97.6 Å². The predicted molar refractivity (Wildman–Crippen MR) is 60.8 cm³/mol. The van der Waals surface area contributed by atoms with Crippen LogP contribution in [0, 0.1) is 17.0 Å². The summed E-state index contributed by atoms with van der Waals surface area (Å²) in [5, 5.41) is 15.0. The Kier molecular flexibility index (Phi) is 2.04. The van der Waals surface area contributed by atoms with E-state index in [1.807, 2.05) is 21.5 Å². The van der Waals surface area contributed by atoms with Gasteiger partial charge in [-0.15, -0.1) is 0 Å². The van der Waals surface area contributed by atoms with Crippen LogP contribution < -0.4 is 0 Å². The highest BCUT2D eigenvalue weighted by atomic mass is 16.6. The molecule has 2 aromatic rings. The Morgan fingerprint density at radius 2 is 2.35 bits per heavy atom. The number of nitro groups is 1. The minimum absolute atomic E-state index is 0.171. The van der Waals surface area contributed by atoms with Crippen LogP contribution in [-0.2, 0) is 6.54 Å². The molecule has 1 unspecified atom stereocenters. The van der Waals surface area contributed by atoms with E-state index in [0.717, 1.165) is 18.7 Å². The summed E-state index contributed by atoms with van der Waals surface area (Å²) < 4.78 is 3.87. The quantitative estimate of drug-likeness (QED) is 0.586. The summed E-state index contributed by atoms with van der Waals surface area (Å²) in [5.74, 6) is 0. The predicted octanol–water partition coefficient (Wildman–Crippen LogP) is 1.89. The van der Waals surface area contributed by atoms with Crippen molar-refractivity contribution < 1.29 is 4.92 Å². The van der Waals surface area contributed by atoms with Gasteiger partial charge in [-0.1, -0.05) is 0 Å². The van der Waals surface area contributed by atoms with Crippen LogP contribution >= 0.6 is 0 Å². The standard InChI is InChI=1S/C11H12N4O2/c1-8-6-13(7-11(8)15(16)17)9-3-5-14-10(9)2-4-12-14/h2,4,6-7,9H,3,5H2,1H3. The minimum Gasteiger partial charge on any atom is -0.339 e. The third kappa shape index (κ3) is 1.44. The van der Waals surface area contributed by atoms with Crippen molar-refractivity contribution in [2.24, 2.45) is 0 Å². The number of aryl methyl sites for hydroxylation is 2. The molecule has 0 radical (unpaired) electrons. The molecule has 88 valence electrons. The first-order chi connectivity index (χ1) is 8.16. The van der Waals surface area contributed by atoms with Crippen molar-refractivity contribution in [1.82, 2.24) is 14.3 Å². The van der Waals surface area contributed by atoms with Gasteiger partial charge in [-0.2, -0.15) is 5.10 Å². The Balaban J connectivity index is 2.01. The summed E-state index contributed by atoms with van der Waals surface area (Å²) in [6.45, 7) is 2.64. The maximum Gasteiger partial charge on any atom is 0.289 e. The molecule has 1 atom stereocenters. The minimum atomic E-state index is -0.335. The van der Waals surface area contributed by atoms with E-state index in [4.69, 9.17) is 0 Å². The number of rotatable bonds is 2. The number of hydrogen-bond acceptors (Lipinski definition) is 3. The highest BCUT2D eigenvalue weighted by molar-refractivity contribution is 5.38. The summed E-state index contributed by atoms with van der Waals surface area (Å²) in [6.07, 6.45) is 6.16. The van der Waals surface area contributed by atoms with Crippen molar-refractivity contribution in [3.63, 3.8) is 0 Å². The van der Waals surface area contributed by atoms with Crippen molar-refractivity contribution in [1.29, 1.82) is 0 Å². The highest BCUT2D eigenvalue weighted by Gasteiger charge is 2.26. The molecule has 0 saturated carbocycles. The fourth-order valence-corrected chi connectivity index (χ4v) is 2.45. The molecule has 0 aromatic carbocycles. The lowest BCUT2D eigenvalue weighted by Gasteiger charge is -2.10. The monoisotopic (exact) mass is 232 g/mol.